The van der Waals surface area contributed by atoms with Gasteiger partial charge < -0.3 is 5.32 Å². The van der Waals surface area contributed by atoms with Gasteiger partial charge >= 0.3 is 6.18 Å². The fraction of sp³-hybridized carbons (Fsp3) is 0.143. The van der Waals surface area contributed by atoms with Gasteiger partial charge in [0, 0.05) is 17.8 Å². The molecule has 0 spiro atoms. The van der Waals surface area contributed by atoms with Gasteiger partial charge in [-0.15, -0.1) is 11.6 Å². The summed E-state index contributed by atoms with van der Waals surface area (Å²) in [7, 11) is 0. The van der Waals surface area contributed by atoms with Crippen molar-refractivity contribution in [1.82, 2.24) is 4.98 Å². The second-order valence-electron chi connectivity index (χ2n) is 4.21. The summed E-state index contributed by atoms with van der Waals surface area (Å²) in [6.07, 6.45) is -3.84. The fourth-order valence-electron chi connectivity index (χ4n) is 1.57. The molecule has 0 atom stereocenters. The third-order valence-corrected chi connectivity index (χ3v) is 3.00. The van der Waals surface area contributed by atoms with E-state index in [1.165, 1.54) is 0 Å². The van der Waals surface area contributed by atoms with Crippen molar-refractivity contribution in [2.24, 2.45) is 0 Å². The Bertz CT molecular complexity index is 624. The normalized spacial score (nSPS) is 11.2. The van der Waals surface area contributed by atoms with Gasteiger partial charge in [-0.2, -0.15) is 13.2 Å². The second kappa shape index (κ2) is 6.13. The predicted molar refractivity (Wildman–Crippen MR) is 73.2 cm³/mol. The van der Waals surface area contributed by atoms with E-state index in [1.54, 1.807) is 24.3 Å². The Balaban J connectivity index is 2.09. The van der Waals surface area contributed by atoms with E-state index in [1.807, 2.05) is 0 Å². The number of hydrogen-bond donors (Lipinski definition) is 1. The second-order valence-corrected chi connectivity index (χ2v) is 4.48. The summed E-state index contributed by atoms with van der Waals surface area (Å²) in [6.45, 7) is 0. The molecule has 2 rings (SSSR count). The number of benzene rings is 1. The topological polar surface area (TPSA) is 42.0 Å². The summed E-state index contributed by atoms with van der Waals surface area (Å²) in [5.74, 6) is -0.225. The van der Waals surface area contributed by atoms with Gasteiger partial charge in [0.25, 0.3) is 5.91 Å². The van der Waals surface area contributed by atoms with Crippen LogP contribution in [0.25, 0.3) is 0 Å². The van der Waals surface area contributed by atoms with Gasteiger partial charge in [-0.1, -0.05) is 12.1 Å². The standard InChI is InChI=1S/C14H10ClF3N2O/c15-7-9-1-4-11(5-2-9)20-13(21)12-6-3-10(8-19-12)14(16,17)18/h1-6,8H,7H2,(H,20,21). The Labute approximate surface area is 123 Å². The number of halogens is 4. The van der Waals surface area contributed by atoms with Gasteiger partial charge in [0.05, 0.1) is 5.56 Å². The molecule has 0 saturated heterocycles. The largest absolute Gasteiger partial charge is 0.417 e. The summed E-state index contributed by atoms with van der Waals surface area (Å²) in [5.41, 5.74) is 0.410. The van der Waals surface area contributed by atoms with Crippen LogP contribution in [0.4, 0.5) is 18.9 Å². The molecule has 21 heavy (non-hydrogen) atoms. The predicted octanol–water partition coefficient (Wildman–Crippen LogP) is 4.09. The smallest absolute Gasteiger partial charge is 0.321 e. The van der Waals surface area contributed by atoms with Crippen LogP contribution in [0.1, 0.15) is 21.6 Å². The van der Waals surface area contributed by atoms with E-state index in [2.05, 4.69) is 10.3 Å². The van der Waals surface area contributed by atoms with Crippen molar-refractivity contribution in [3.63, 3.8) is 0 Å². The zero-order valence-corrected chi connectivity index (χ0v) is 11.4. The highest BCUT2D eigenvalue weighted by molar-refractivity contribution is 6.17. The van der Waals surface area contributed by atoms with Crippen LogP contribution in [0.3, 0.4) is 0 Å². The number of anilines is 1. The molecule has 1 aromatic carbocycles. The van der Waals surface area contributed by atoms with E-state index >= 15 is 0 Å². The molecule has 0 saturated carbocycles. The van der Waals surface area contributed by atoms with Crippen LogP contribution in [-0.4, -0.2) is 10.9 Å². The van der Waals surface area contributed by atoms with Gasteiger partial charge in [0.15, 0.2) is 0 Å². The van der Waals surface area contributed by atoms with Crippen LogP contribution in [0.2, 0.25) is 0 Å². The van der Waals surface area contributed by atoms with Crippen molar-refractivity contribution >= 4 is 23.2 Å². The fourth-order valence-corrected chi connectivity index (χ4v) is 1.75. The van der Waals surface area contributed by atoms with Crippen LogP contribution in [0, 0.1) is 0 Å². The maximum Gasteiger partial charge on any atom is 0.417 e. The number of rotatable bonds is 3. The Hall–Kier alpha value is -2.08. The number of aromatic nitrogens is 1. The average Bonchev–Trinajstić information content (AvgIpc) is 2.47. The Kier molecular flexibility index (Phi) is 4.47. The minimum Gasteiger partial charge on any atom is -0.321 e. The molecule has 3 nitrogen and oxygen atoms in total. The number of alkyl halides is 4. The van der Waals surface area contributed by atoms with Crippen molar-refractivity contribution < 1.29 is 18.0 Å². The van der Waals surface area contributed by atoms with E-state index in [0.29, 0.717) is 17.8 Å². The molecule has 1 amide bonds. The van der Waals surface area contributed by atoms with Crippen molar-refractivity contribution in [2.75, 3.05) is 5.32 Å². The van der Waals surface area contributed by atoms with Gasteiger partial charge in [0.1, 0.15) is 5.69 Å². The first-order valence-corrected chi connectivity index (χ1v) is 6.43. The Morgan fingerprint density at radius 3 is 2.29 bits per heavy atom. The molecule has 0 aliphatic carbocycles. The van der Waals surface area contributed by atoms with Gasteiger partial charge in [-0.05, 0) is 29.8 Å². The van der Waals surface area contributed by atoms with Gasteiger partial charge in [-0.3, -0.25) is 9.78 Å². The molecule has 110 valence electrons. The highest BCUT2D eigenvalue weighted by Crippen LogP contribution is 2.28. The average molecular weight is 315 g/mol. The lowest BCUT2D eigenvalue weighted by Gasteiger charge is -2.08. The molecule has 1 aromatic heterocycles. The van der Waals surface area contributed by atoms with E-state index in [0.717, 1.165) is 17.7 Å². The lowest BCUT2D eigenvalue weighted by molar-refractivity contribution is -0.137. The van der Waals surface area contributed by atoms with E-state index < -0.39 is 17.6 Å². The minimum atomic E-state index is -4.47. The molecule has 2 aromatic rings. The maximum absolute atomic E-state index is 12.4. The van der Waals surface area contributed by atoms with Gasteiger partial charge in [0.2, 0.25) is 0 Å². The van der Waals surface area contributed by atoms with Crippen molar-refractivity contribution in [3.05, 3.63) is 59.4 Å². The van der Waals surface area contributed by atoms with Crippen LogP contribution in [-0.2, 0) is 12.1 Å². The van der Waals surface area contributed by atoms with Gasteiger partial charge in [-0.25, -0.2) is 0 Å². The van der Waals surface area contributed by atoms with Crippen LogP contribution in [0.5, 0.6) is 0 Å². The van der Waals surface area contributed by atoms with Crippen molar-refractivity contribution in [1.29, 1.82) is 0 Å². The van der Waals surface area contributed by atoms with Crippen LogP contribution < -0.4 is 5.32 Å². The minimum absolute atomic E-state index is 0.0931. The lowest BCUT2D eigenvalue weighted by Crippen LogP contribution is -2.14. The molecule has 0 fully saturated rings. The third-order valence-electron chi connectivity index (χ3n) is 2.69. The first kappa shape index (κ1) is 15.3. The van der Waals surface area contributed by atoms with Crippen LogP contribution >= 0.6 is 11.6 Å². The first-order chi connectivity index (χ1) is 9.90. The summed E-state index contributed by atoms with van der Waals surface area (Å²) < 4.78 is 37.2. The highest BCUT2D eigenvalue weighted by Gasteiger charge is 2.30. The molecule has 7 heteroatoms. The van der Waals surface area contributed by atoms with E-state index in [9.17, 15) is 18.0 Å². The number of amides is 1. The molecular formula is C14H10ClF3N2O. The Morgan fingerprint density at radius 1 is 1.14 bits per heavy atom. The molecule has 0 bridgehead atoms. The molecule has 0 unspecified atom stereocenters. The van der Waals surface area contributed by atoms with Crippen molar-refractivity contribution in [2.45, 2.75) is 12.1 Å². The number of pyridine rings is 1. The first-order valence-electron chi connectivity index (χ1n) is 5.89. The number of carbonyl (C=O) groups is 1. The zero-order valence-electron chi connectivity index (χ0n) is 10.6. The molecule has 1 heterocycles. The highest BCUT2D eigenvalue weighted by atomic mass is 35.5. The summed E-state index contributed by atoms with van der Waals surface area (Å²) in [4.78, 5) is 15.4. The molecule has 0 radical (unpaired) electrons. The van der Waals surface area contributed by atoms with Crippen LogP contribution in [0.15, 0.2) is 42.6 Å². The number of hydrogen-bond acceptors (Lipinski definition) is 2. The maximum atomic E-state index is 12.4. The van der Waals surface area contributed by atoms with Crippen molar-refractivity contribution in [3.8, 4) is 0 Å². The SMILES string of the molecule is O=C(Nc1ccc(CCl)cc1)c1ccc(C(F)(F)F)cn1. The number of carbonyl (C=O) groups excluding carboxylic acids is 1. The Morgan fingerprint density at radius 2 is 1.81 bits per heavy atom. The van der Waals surface area contributed by atoms with E-state index in [4.69, 9.17) is 11.6 Å². The zero-order chi connectivity index (χ0) is 15.5. The quantitative estimate of drug-likeness (QED) is 0.867. The number of nitrogens with zero attached hydrogens (tertiary/aromatic N) is 1. The summed E-state index contributed by atoms with van der Waals surface area (Å²) in [5, 5.41) is 2.54. The molecular weight excluding hydrogens is 305 g/mol. The summed E-state index contributed by atoms with van der Waals surface area (Å²) in [6, 6.07) is 8.63. The van der Waals surface area contributed by atoms with E-state index in [-0.39, 0.29) is 5.69 Å². The third kappa shape index (κ3) is 3.95. The molecule has 1 N–H and O–H groups in total. The monoisotopic (exact) mass is 314 g/mol. The lowest BCUT2D eigenvalue weighted by atomic mass is 10.2. The summed E-state index contributed by atoms with van der Waals surface area (Å²) >= 11 is 5.64. The molecule has 0 aliphatic heterocycles. The number of nitrogens with one attached hydrogen (secondary N) is 1. The molecule has 0 aliphatic rings.